The molecule has 0 aliphatic carbocycles. The second kappa shape index (κ2) is 7.67. The fourth-order valence-electron chi connectivity index (χ4n) is 2.57. The maximum atomic E-state index is 12.5. The van der Waals surface area contributed by atoms with Crippen LogP contribution in [0.25, 0.3) is 5.95 Å². The molecule has 0 bridgehead atoms. The molecular formula is C20H24N6O2. The SMILES string of the molecule is CCc1cc(=O)[nH]c(-n2nc(C(C)(C)C)cc2NC(=O)Nc2ccccc2)n1. The van der Waals surface area contributed by atoms with Gasteiger partial charge in [0.25, 0.3) is 5.56 Å². The molecule has 0 aliphatic rings. The Balaban J connectivity index is 1.98. The molecule has 0 spiro atoms. The average Bonchev–Trinajstić information content (AvgIpc) is 3.06. The van der Waals surface area contributed by atoms with Crippen LogP contribution in [0.2, 0.25) is 0 Å². The van der Waals surface area contributed by atoms with E-state index in [1.54, 1.807) is 18.2 Å². The first-order valence-corrected chi connectivity index (χ1v) is 9.10. The monoisotopic (exact) mass is 380 g/mol. The number of amides is 2. The van der Waals surface area contributed by atoms with E-state index in [-0.39, 0.29) is 16.9 Å². The molecule has 2 heterocycles. The number of carbonyl (C=O) groups excluding carboxylic acids is 1. The Kier molecular flexibility index (Phi) is 5.30. The lowest BCUT2D eigenvalue weighted by molar-refractivity contribution is 0.262. The highest BCUT2D eigenvalue weighted by molar-refractivity contribution is 5.99. The van der Waals surface area contributed by atoms with Crippen molar-refractivity contribution in [2.45, 2.75) is 39.5 Å². The van der Waals surface area contributed by atoms with Crippen molar-refractivity contribution in [3.63, 3.8) is 0 Å². The molecule has 8 heteroatoms. The Morgan fingerprint density at radius 2 is 1.86 bits per heavy atom. The number of nitrogens with one attached hydrogen (secondary N) is 3. The van der Waals surface area contributed by atoms with Crippen molar-refractivity contribution < 1.29 is 4.79 Å². The smallest absolute Gasteiger partial charge is 0.308 e. The van der Waals surface area contributed by atoms with Gasteiger partial charge in [-0.2, -0.15) is 9.78 Å². The van der Waals surface area contributed by atoms with Crippen LogP contribution in [0.5, 0.6) is 0 Å². The number of rotatable bonds is 4. The van der Waals surface area contributed by atoms with Crippen molar-refractivity contribution >= 4 is 17.5 Å². The molecule has 8 nitrogen and oxygen atoms in total. The zero-order valence-electron chi connectivity index (χ0n) is 16.4. The highest BCUT2D eigenvalue weighted by Crippen LogP contribution is 2.25. The number of hydrogen-bond acceptors (Lipinski definition) is 4. The second-order valence-corrected chi connectivity index (χ2v) is 7.44. The van der Waals surface area contributed by atoms with Crippen LogP contribution >= 0.6 is 0 Å². The molecule has 0 saturated heterocycles. The maximum absolute atomic E-state index is 12.5. The minimum Gasteiger partial charge on any atom is -0.308 e. The Morgan fingerprint density at radius 3 is 2.50 bits per heavy atom. The normalized spacial score (nSPS) is 11.3. The van der Waals surface area contributed by atoms with E-state index in [2.05, 4.69) is 25.7 Å². The van der Waals surface area contributed by atoms with E-state index in [0.717, 1.165) is 5.69 Å². The number of nitrogens with zero attached hydrogens (tertiary/aromatic N) is 3. The summed E-state index contributed by atoms with van der Waals surface area (Å²) in [6, 6.07) is 11.9. The van der Waals surface area contributed by atoms with Crippen LogP contribution in [0.4, 0.5) is 16.3 Å². The third-order valence-electron chi connectivity index (χ3n) is 4.10. The summed E-state index contributed by atoms with van der Waals surface area (Å²) in [6.07, 6.45) is 0.613. The van der Waals surface area contributed by atoms with Gasteiger partial charge in [0.05, 0.1) is 5.69 Å². The van der Waals surface area contributed by atoms with Gasteiger partial charge in [0.1, 0.15) is 5.82 Å². The molecule has 3 aromatic rings. The standard InChI is InChI=1S/C20H24N6O2/c1-5-13-11-17(27)24-18(21-13)26-16(12-15(25-26)20(2,3)4)23-19(28)22-14-9-7-6-8-10-14/h6-12H,5H2,1-4H3,(H,21,24,27)(H2,22,23,28). The largest absolute Gasteiger partial charge is 0.324 e. The Hall–Kier alpha value is -3.42. The minimum absolute atomic E-state index is 0.250. The lowest BCUT2D eigenvalue weighted by Gasteiger charge is -2.13. The van der Waals surface area contributed by atoms with Crippen LogP contribution in [-0.2, 0) is 11.8 Å². The third kappa shape index (κ3) is 4.46. The predicted octanol–water partition coefficient (Wildman–Crippen LogP) is 3.46. The van der Waals surface area contributed by atoms with Crippen LogP contribution < -0.4 is 16.2 Å². The van der Waals surface area contributed by atoms with Gasteiger partial charge < -0.3 is 5.32 Å². The van der Waals surface area contributed by atoms with Gasteiger partial charge in [0.2, 0.25) is 5.95 Å². The predicted molar refractivity (Wildman–Crippen MR) is 109 cm³/mol. The summed E-state index contributed by atoms with van der Waals surface area (Å²) >= 11 is 0. The average molecular weight is 380 g/mol. The van der Waals surface area contributed by atoms with Gasteiger partial charge in [-0.3, -0.25) is 15.1 Å². The Labute approximate surface area is 163 Å². The van der Waals surface area contributed by atoms with E-state index in [9.17, 15) is 9.59 Å². The maximum Gasteiger partial charge on any atom is 0.324 e. The second-order valence-electron chi connectivity index (χ2n) is 7.44. The number of hydrogen-bond donors (Lipinski definition) is 3. The number of para-hydroxylation sites is 1. The molecule has 0 aliphatic heterocycles. The zero-order chi connectivity index (χ0) is 20.3. The first kappa shape index (κ1) is 19.3. The quantitative estimate of drug-likeness (QED) is 0.644. The van der Waals surface area contributed by atoms with Gasteiger partial charge in [0, 0.05) is 28.9 Å². The summed E-state index contributed by atoms with van der Waals surface area (Å²) in [5, 5.41) is 10.1. The van der Waals surface area contributed by atoms with Crippen molar-refractivity contribution in [3.8, 4) is 5.95 Å². The highest BCUT2D eigenvalue weighted by Gasteiger charge is 2.22. The van der Waals surface area contributed by atoms with E-state index in [4.69, 9.17) is 0 Å². The number of aromatic amines is 1. The topological polar surface area (TPSA) is 105 Å². The fraction of sp³-hybridized carbons (Fsp3) is 0.300. The Bertz CT molecular complexity index is 1030. The summed E-state index contributed by atoms with van der Waals surface area (Å²) in [5.74, 6) is 0.671. The lowest BCUT2D eigenvalue weighted by atomic mass is 9.92. The molecule has 0 radical (unpaired) electrons. The number of anilines is 2. The van der Waals surface area contributed by atoms with Gasteiger partial charge in [-0.15, -0.1) is 0 Å². The third-order valence-corrected chi connectivity index (χ3v) is 4.10. The lowest BCUT2D eigenvalue weighted by Crippen LogP contribution is -2.23. The molecule has 0 atom stereocenters. The molecular weight excluding hydrogens is 356 g/mol. The molecule has 2 aromatic heterocycles. The highest BCUT2D eigenvalue weighted by atomic mass is 16.2. The Morgan fingerprint density at radius 1 is 1.14 bits per heavy atom. The molecule has 2 amide bonds. The van der Waals surface area contributed by atoms with Gasteiger partial charge in [-0.1, -0.05) is 45.9 Å². The van der Waals surface area contributed by atoms with Crippen molar-refractivity contribution in [2.75, 3.05) is 10.6 Å². The summed E-state index contributed by atoms with van der Waals surface area (Å²) < 4.78 is 1.45. The summed E-state index contributed by atoms with van der Waals surface area (Å²) in [5.41, 5.74) is 1.55. The zero-order valence-corrected chi connectivity index (χ0v) is 16.4. The number of aromatic nitrogens is 4. The van der Waals surface area contributed by atoms with Crippen LogP contribution in [-0.4, -0.2) is 25.8 Å². The van der Waals surface area contributed by atoms with Gasteiger partial charge in [-0.05, 0) is 18.6 Å². The van der Waals surface area contributed by atoms with Crippen molar-refractivity contribution in [2.24, 2.45) is 0 Å². The van der Waals surface area contributed by atoms with Gasteiger partial charge in [-0.25, -0.2) is 9.78 Å². The first-order valence-electron chi connectivity index (χ1n) is 9.10. The number of urea groups is 1. The van der Waals surface area contributed by atoms with Crippen LogP contribution in [0.3, 0.4) is 0 Å². The number of H-pyrrole nitrogens is 1. The molecule has 3 N–H and O–H groups in total. The number of benzene rings is 1. The number of carbonyl (C=O) groups is 1. The van der Waals surface area contributed by atoms with Crippen molar-refractivity contribution in [1.82, 2.24) is 19.7 Å². The van der Waals surface area contributed by atoms with Crippen molar-refractivity contribution in [3.05, 3.63) is 64.2 Å². The van der Waals surface area contributed by atoms with E-state index >= 15 is 0 Å². The first-order chi connectivity index (χ1) is 13.3. The summed E-state index contributed by atoms with van der Waals surface area (Å²) in [6.45, 7) is 7.98. The minimum atomic E-state index is -0.415. The van der Waals surface area contributed by atoms with Crippen LogP contribution in [0.15, 0.2) is 47.3 Å². The molecule has 3 rings (SSSR count). The molecule has 0 unspecified atom stereocenters. The molecule has 0 fully saturated rings. The van der Waals surface area contributed by atoms with Crippen molar-refractivity contribution in [1.29, 1.82) is 0 Å². The van der Waals surface area contributed by atoms with E-state index < -0.39 is 6.03 Å². The summed E-state index contributed by atoms with van der Waals surface area (Å²) in [7, 11) is 0. The molecule has 28 heavy (non-hydrogen) atoms. The van der Waals surface area contributed by atoms with Crippen LogP contribution in [0, 0.1) is 0 Å². The summed E-state index contributed by atoms with van der Waals surface area (Å²) in [4.78, 5) is 31.6. The molecule has 146 valence electrons. The van der Waals surface area contributed by atoms with Gasteiger partial charge in [0.15, 0.2) is 0 Å². The van der Waals surface area contributed by atoms with E-state index in [1.165, 1.54) is 10.7 Å². The molecule has 0 saturated carbocycles. The number of aryl methyl sites for hydroxylation is 1. The fourth-order valence-corrected chi connectivity index (χ4v) is 2.57. The van der Waals surface area contributed by atoms with E-state index in [0.29, 0.717) is 23.6 Å². The van der Waals surface area contributed by atoms with Crippen LogP contribution in [0.1, 0.15) is 39.1 Å². The van der Waals surface area contributed by atoms with E-state index in [1.807, 2.05) is 45.9 Å². The molecule has 1 aromatic carbocycles. The van der Waals surface area contributed by atoms with Gasteiger partial charge >= 0.3 is 6.03 Å².